The second kappa shape index (κ2) is 5.87. The zero-order valence-electron chi connectivity index (χ0n) is 11.1. The number of carbonyl (C=O) groups excluding carboxylic acids is 2. The number of benzene rings is 1. The number of thioether (sulfide) groups is 1. The molecule has 0 bridgehead atoms. The smallest absolute Gasteiger partial charge is 0.290 e. The van der Waals surface area contributed by atoms with Crippen LogP contribution in [-0.4, -0.2) is 37.4 Å². The minimum absolute atomic E-state index is 0.276. The van der Waals surface area contributed by atoms with E-state index in [9.17, 15) is 14.0 Å². The van der Waals surface area contributed by atoms with Gasteiger partial charge in [-0.05, 0) is 35.5 Å². The van der Waals surface area contributed by atoms with Gasteiger partial charge in [0.2, 0.25) is 0 Å². The Balaban J connectivity index is 1.82. The first-order valence-corrected chi connectivity index (χ1v) is 7.32. The van der Waals surface area contributed by atoms with Crippen LogP contribution in [-0.2, 0) is 9.53 Å². The summed E-state index contributed by atoms with van der Waals surface area (Å²) in [4.78, 5) is 24.7. The molecule has 1 N–H and O–H groups in total. The topological polar surface area (TPSA) is 58.6 Å². The van der Waals surface area contributed by atoms with E-state index in [2.05, 4.69) is 5.32 Å². The minimum Gasteiger partial charge on any atom is -0.378 e. The molecule has 0 radical (unpaired) electrons. The van der Waals surface area contributed by atoms with Gasteiger partial charge in [0.05, 0.1) is 23.8 Å². The van der Waals surface area contributed by atoms with Gasteiger partial charge in [-0.1, -0.05) is 6.07 Å². The van der Waals surface area contributed by atoms with Crippen LogP contribution in [0, 0.1) is 5.82 Å². The van der Waals surface area contributed by atoms with Crippen molar-refractivity contribution in [1.29, 1.82) is 0 Å². The highest BCUT2D eigenvalue weighted by Gasteiger charge is 2.25. The summed E-state index contributed by atoms with van der Waals surface area (Å²) in [6.45, 7) is 2.49. The fourth-order valence-corrected chi connectivity index (χ4v) is 2.93. The molecule has 0 unspecified atom stereocenters. The molecule has 0 aromatic heterocycles. The Labute approximate surface area is 125 Å². The number of imide groups is 1. The Morgan fingerprint density at radius 3 is 2.67 bits per heavy atom. The second-order valence-electron chi connectivity index (χ2n) is 4.66. The predicted octanol–water partition coefficient (Wildman–Crippen LogP) is 1.99. The van der Waals surface area contributed by atoms with E-state index in [1.807, 2.05) is 4.90 Å². The lowest BCUT2D eigenvalue weighted by atomic mass is 10.1. The molecule has 0 atom stereocenters. The first kappa shape index (κ1) is 14.1. The van der Waals surface area contributed by atoms with Crippen LogP contribution in [0.5, 0.6) is 0 Å². The molecule has 0 saturated carbocycles. The molecular weight excluding hydrogens is 295 g/mol. The average Bonchev–Trinajstić information content (AvgIpc) is 2.78. The van der Waals surface area contributed by atoms with Crippen molar-refractivity contribution in [2.24, 2.45) is 0 Å². The van der Waals surface area contributed by atoms with Gasteiger partial charge in [0.25, 0.3) is 11.1 Å². The maximum absolute atomic E-state index is 14.2. The maximum Gasteiger partial charge on any atom is 0.290 e. The van der Waals surface area contributed by atoms with Crippen molar-refractivity contribution < 1.29 is 18.7 Å². The Morgan fingerprint density at radius 1 is 1.29 bits per heavy atom. The molecule has 5 nitrogen and oxygen atoms in total. The molecule has 2 aliphatic heterocycles. The van der Waals surface area contributed by atoms with Gasteiger partial charge in [-0.3, -0.25) is 14.9 Å². The Morgan fingerprint density at radius 2 is 2.05 bits per heavy atom. The van der Waals surface area contributed by atoms with Crippen LogP contribution < -0.4 is 10.2 Å². The molecule has 2 fully saturated rings. The number of morpholine rings is 1. The number of nitrogens with one attached hydrogen (secondary N) is 1. The van der Waals surface area contributed by atoms with Crippen LogP contribution in [0.2, 0.25) is 0 Å². The number of halogens is 1. The fraction of sp³-hybridized carbons (Fsp3) is 0.286. The molecule has 0 aliphatic carbocycles. The SMILES string of the molecule is O=C1NC(=O)/C(=C\c2ccc(N3CCOCC3)c(F)c2)S1. The number of rotatable bonds is 2. The highest BCUT2D eigenvalue weighted by atomic mass is 32.2. The normalized spacial score (nSPS) is 21.0. The first-order valence-electron chi connectivity index (χ1n) is 6.50. The Bertz CT molecular complexity index is 627. The van der Waals surface area contributed by atoms with Crippen molar-refractivity contribution in [2.75, 3.05) is 31.2 Å². The second-order valence-corrected chi connectivity index (χ2v) is 5.68. The van der Waals surface area contributed by atoms with Crippen molar-refractivity contribution in [3.05, 3.63) is 34.5 Å². The van der Waals surface area contributed by atoms with E-state index >= 15 is 0 Å². The van der Waals surface area contributed by atoms with Crippen LogP contribution in [0.15, 0.2) is 23.1 Å². The highest BCUT2D eigenvalue weighted by Crippen LogP contribution is 2.27. The van der Waals surface area contributed by atoms with Crippen LogP contribution >= 0.6 is 11.8 Å². The number of amides is 2. The van der Waals surface area contributed by atoms with E-state index in [4.69, 9.17) is 4.74 Å². The van der Waals surface area contributed by atoms with Crippen molar-refractivity contribution in [1.82, 2.24) is 5.32 Å². The van der Waals surface area contributed by atoms with Gasteiger partial charge < -0.3 is 9.64 Å². The van der Waals surface area contributed by atoms with Crippen molar-refractivity contribution in [3.63, 3.8) is 0 Å². The summed E-state index contributed by atoms with van der Waals surface area (Å²) in [5.41, 5.74) is 1.08. The molecule has 0 spiro atoms. The molecule has 3 rings (SSSR count). The fourth-order valence-electron chi connectivity index (χ4n) is 2.25. The largest absolute Gasteiger partial charge is 0.378 e. The lowest BCUT2D eigenvalue weighted by molar-refractivity contribution is -0.115. The van der Waals surface area contributed by atoms with Gasteiger partial charge in [-0.2, -0.15) is 0 Å². The molecular formula is C14H13FN2O3S. The van der Waals surface area contributed by atoms with Crippen LogP contribution in [0.4, 0.5) is 14.9 Å². The van der Waals surface area contributed by atoms with Crippen molar-refractivity contribution >= 4 is 34.7 Å². The quantitative estimate of drug-likeness (QED) is 0.847. The predicted molar refractivity (Wildman–Crippen MR) is 78.5 cm³/mol. The molecule has 2 amide bonds. The minimum atomic E-state index is -0.442. The van der Waals surface area contributed by atoms with Gasteiger partial charge in [-0.25, -0.2) is 4.39 Å². The van der Waals surface area contributed by atoms with E-state index in [-0.39, 0.29) is 10.7 Å². The van der Waals surface area contributed by atoms with E-state index in [0.29, 0.717) is 37.6 Å². The Kier molecular flexibility index (Phi) is 3.94. The summed E-state index contributed by atoms with van der Waals surface area (Å²) in [6, 6.07) is 4.79. The van der Waals surface area contributed by atoms with Gasteiger partial charge in [-0.15, -0.1) is 0 Å². The van der Waals surface area contributed by atoms with E-state index in [0.717, 1.165) is 11.8 Å². The third kappa shape index (κ3) is 3.08. The number of hydrogen-bond donors (Lipinski definition) is 1. The number of anilines is 1. The van der Waals surface area contributed by atoms with Gasteiger partial charge in [0.15, 0.2) is 0 Å². The lowest BCUT2D eigenvalue weighted by Gasteiger charge is -2.29. The summed E-state index contributed by atoms with van der Waals surface area (Å²) in [7, 11) is 0. The molecule has 2 heterocycles. The van der Waals surface area contributed by atoms with Gasteiger partial charge in [0.1, 0.15) is 5.82 Å². The number of carbonyl (C=O) groups is 2. The summed E-state index contributed by atoms with van der Waals surface area (Å²) in [5.74, 6) is -0.788. The third-order valence-electron chi connectivity index (χ3n) is 3.26. The number of hydrogen-bond acceptors (Lipinski definition) is 5. The van der Waals surface area contributed by atoms with Crippen LogP contribution in [0.1, 0.15) is 5.56 Å². The zero-order valence-corrected chi connectivity index (χ0v) is 11.9. The van der Waals surface area contributed by atoms with Crippen molar-refractivity contribution in [2.45, 2.75) is 0 Å². The first-order chi connectivity index (χ1) is 10.1. The Hall–Kier alpha value is -1.86. The summed E-state index contributed by atoms with van der Waals surface area (Å²) >= 11 is 0.819. The number of nitrogens with zero attached hydrogens (tertiary/aromatic N) is 1. The molecule has 21 heavy (non-hydrogen) atoms. The molecule has 110 valence electrons. The summed E-state index contributed by atoms with van der Waals surface area (Å²) in [5, 5.41) is 1.76. The molecule has 2 aliphatic rings. The standard InChI is InChI=1S/C14H13FN2O3S/c15-10-7-9(8-12-13(18)16-14(19)21-12)1-2-11(10)17-3-5-20-6-4-17/h1-2,7-8H,3-6H2,(H,16,18,19)/b12-8+. The number of ether oxygens (including phenoxy) is 1. The summed E-state index contributed by atoms with van der Waals surface area (Å²) < 4.78 is 19.4. The van der Waals surface area contributed by atoms with E-state index in [1.54, 1.807) is 12.1 Å². The third-order valence-corrected chi connectivity index (χ3v) is 4.07. The van der Waals surface area contributed by atoms with Gasteiger partial charge >= 0.3 is 0 Å². The monoisotopic (exact) mass is 308 g/mol. The average molecular weight is 308 g/mol. The summed E-state index contributed by atoms with van der Waals surface area (Å²) in [6.07, 6.45) is 1.51. The maximum atomic E-state index is 14.2. The lowest BCUT2D eigenvalue weighted by Crippen LogP contribution is -2.36. The van der Waals surface area contributed by atoms with E-state index < -0.39 is 11.1 Å². The van der Waals surface area contributed by atoms with Crippen molar-refractivity contribution in [3.8, 4) is 0 Å². The molecule has 2 saturated heterocycles. The highest BCUT2D eigenvalue weighted by molar-refractivity contribution is 8.18. The zero-order chi connectivity index (χ0) is 14.8. The molecule has 1 aromatic carbocycles. The van der Waals surface area contributed by atoms with Gasteiger partial charge in [0, 0.05) is 13.1 Å². The molecule has 1 aromatic rings. The van der Waals surface area contributed by atoms with E-state index in [1.165, 1.54) is 12.1 Å². The molecule has 7 heteroatoms. The van der Waals surface area contributed by atoms with Crippen LogP contribution in [0.3, 0.4) is 0 Å². The van der Waals surface area contributed by atoms with Crippen LogP contribution in [0.25, 0.3) is 6.08 Å².